The maximum absolute atomic E-state index is 12.7. The highest BCUT2D eigenvalue weighted by Gasteiger charge is 2.32. The molecule has 0 bridgehead atoms. The number of rotatable bonds is 4. The van der Waals surface area contributed by atoms with Crippen LogP contribution in [0.15, 0.2) is 24.3 Å². The molecule has 1 atom stereocenters. The van der Waals surface area contributed by atoms with Gasteiger partial charge in [-0.25, -0.2) is 0 Å². The first-order valence-electron chi connectivity index (χ1n) is 8.15. The van der Waals surface area contributed by atoms with Crippen molar-refractivity contribution < 1.29 is 14.4 Å². The molecule has 2 fully saturated rings. The SMILES string of the molecule is O=C1CCC(=O)N1CCC(=O)N1CCNCC1c1ccccc1Cl. The molecule has 6 nitrogen and oxygen atoms in total. The van der Waals surface area contributed by atoms with Crippen molar-refractivity contribution in [2.75, 3.05) is 26.2 Å². The molecule has 2 saturated heterocycles. The summed E-state index contributed by atoms with van der Waals surface area (Å²) in [6.07, 6.45) is 0.657. The summed E-state index contributed by atoms with van der Waals surface area (Å²) in [7, 11) is 0. The second-order valence-electron chi connectivity index (χ2n) is 6.02. The standard InChI is InChI=1S/C17H20ClN3O3/c18-13-4-2-1-3-12(13)14-11-19-8-10-20(14)17(24)7-9-21-15(22)5-6-16(21)23/h1-4,14,19H,5-11H2. The van der Waals surface area contributed by atoms with Crippen molar-refractivity contribution in [3.8, 4) is 0 Å². The van der Waals surface area contributed by atoms with Gasteiger partial charge in [-0.2, -0.15) is 0 Å². The van der Waals surface area contributed by atoms with Crippen molar-refractivity contribution in [2.45, 2.75) is 25.3 Å². The van der Waals surface area contributed by atoms with Gasteiger partial charge in [0.25, 0.3) is 0 Å². The van der Waals surface area contributed by atoms with Crippen LogP contribution in [0.2, 0.25) is 5.02 Å². The van der Waals surface area contributed by atoms with E-state index in [0.717, 1.165) is 5.56 Å². The highest BCUT2D eigenvalue weighted by Crippen LogP contribution is 2.29. The van der Waals surface area contributed by atoms with Crippen LogP contribution in [0.3, 0.4) is 0 Å². The molecule has 128 valence electrons. The first-order chi connectivity index (χ1) is 11.6. The molecule has 2 heterocycles. The molecule has 0 saturated carbocycles. The monoisotopic (exact) mass is 349 g/mol. The number of amides is 3. The summed E-state index contributed by atoms with van der Waals surface area (Å²) in [6.45, 7) is 2.09. The van der Waals surface area contributed by atoms with E-state index < -0.39 is 0 Å². The van der Waals surface area contributed by atoms with Crippen molar-refractivity contribution in [2.24, 2.45) is 0 Å². The van der Waals surface area contributed by atoms with Gasteiger partial charge in [-0.3, -0.25) is 19.3 Å². The molecule has 0 aromatic heterocycles. The zero-order chi connectivity index (χ0) is 17.1. The summed E-state index contributed by atoms with van der Waals surface area (Å²) >= 11 is 6.28. The molecule has 2 aliphatic heterocycles. The third-order valence-corrected chi connectivity index (χ3v) is 4.88. The Hall–Kier alpha value is -1.92. The van der Waals surface area contributed by atoms with Gasteiger partial charge in [0, 0.05) is 50.5 Å². The number of hydrogen-bond acceptors (Lipinski definition) is 4. The molecule has 24 heavy (non-hydrogen) atoms. The van der Waals surface area contributed by atoms with Gasteiger partial charge < -0.3 is 10.2 Å². The van der Waals surface area contributed by atoms with E-state index in [2.05, 4.69) is 5.32 Å². The van der Waals surface area contributed by atoms with E-state index in [1.54, 1.807) is 4.90 Å². The molecule has 1 aromatic rings. The van der Waals surface area contributed by atoms with Crippen molar-refractivity contribution in [3.63, 3.8) is 0 Å². The fourth-order valence-corrected chi connectivity index (χ4v) is 3.51. The topological polar surface area (TPSA) is 69.7 Å². The lowest BCUT2D eigenvalue weighted by molar-refractivity contribution is -0.140. The van der Waals surface area contributed by atoms with E-state index in [9.17, 15) is 14.4 Å². The van der Waals surface area contributed by atoms with Crippen molar-refractivity contribution in [1.82, 2.24) is 15.1 Å². The number of halogens is 1. The molecular formula is C17H20ClN3O3. The summed E-state index contributed by atoms with van der Waals surface area (Å²) in [5.41, 5.74) is 0.910. The fourth-order valence-electron chi connectivity index (χ4n) is 3.25. The van der Waals surface area contributed by atoms with Crippen molar-refractivity contribution >= 4 is 29.3 Å². The third-order valence-electron chi connectivity index (χ3n) is 4.53. The Morgan fingerprint density at radius 2 is 1.92 bits per heavy atom. The van der Waals surface area contributed by atoms with Crippen molar-refractivity contribution in [1.29, 1.82) is 0 Å². The Morgan fingerprint density at radius 1 is 1.21 bits per heavy atom. The summed E-state index contributed by atoms with van der Waals surface area (Å²) in [4.78, 5) is 39.0. The van der Waals surface area contributed by atoms with Gasteiger partial charge in [0.05, 0.1) is 6.04 Å². The molecular weight excluding hydrogens is 330 g/mol. The van der Waals surface area contributed by atoms with Crippen LogP contribution < -0.4 is 5.32 Å². The van der Waals surface area contributed by atoms with Gasteiger partial charge >= 0.3 is 0 Å². The number of imide groups is 1. The lowest BCUT2D eigenvalue weighted by atomic mass is 10.0. The molecule has 3 rings (SSSR count). The Balaban J connectivity index is 1.69. The minimum absolute atomic E-state index is 0.0612. The van der Waals surface area contributed by atoms with Crippen LogP contribution in [0.5, 0.6) is 0 Å². The van der Waals surface area contributed by atoms with E-state index in [-0.39, 0.29) is 49.6 Å². The third kappa shape index (κ3) is 3.44. The van der Waals surface area contributed by atoms with Crippen LogP contribution in [-0.2, 0) is 14.4 Å². The van der Waals surface area contributed by atoms with Gasteiger partial charge in [-0.15, -0.1) is 0 Å². The maximum atomic E-state index is 12.7. The van der Waals surface area contributed by atoms with Crippen LogP contribution in [0, 0.1) is 0 Å². The minimum atomic E-state index is -0.184. The number of piperazine rings is 1. The molecule has 3 amide bonds. The van der Waals surface area contributed by atoms with Crippen LogP contribution in [-0.4, -0.2) is 53.7 Å². The first kappa shape index (κ1) is 16.9. The van der Waals surface area contributed by atoms with E-state index >= 15 is 0 Å². The van der Waals surface area contributed by atoms with Gasteiger partial charge in [0.2, 0.25) is 17.7 Å². The maximum Gasteiger partial charge on any atom is 0.229 e. The molecule has 7 heteroatoms. The zero-order valence-electron chi connectivity index (χ0n) is 13.3. The molecule has 0 aliphatic carbocycles. The minimum Gasteiger partial charge on any atom is -0.333 e. The number of benzene rings is 1. The van der Waals surface area contributed by atoms with Crippen LogP contribution in [0.4, 0.5) is 0 Å². The lowest BCUT2D eigenvalue weighted by Crippen LogP contribution is -2.49. The average molecular weight is 350 g/mol. The number of hydrogen-bond donors (Lipinski definition) is 1. The summed E-state index contributed by atoms with van der Waals surface area (Å²) in [5, 5.41) is 3.92. The highest BCUT2D eigenvalue weighted by atomic mass is 35.5. The van der Waals surface area contributed by atoms with E-state index in [0.29, 0.717) is 24.7 Å². The number of nitrogens with one attached hydrogen (secondary N) is 1. The van der Waals surface area contributed by atoms with Gasteiger partial charge in [-0.05, 0) is 11.6 Å². The predicted octanol–water partition coefficient (Wildman–Crippen LogP) is 1.35. The number of likely N-dealkylation sites (tertiary alicyclic amines) is 1. The van der Waals surface area contributed by atoms with E-state index in [1.165, 1.54) is 4.90 Å². The molecule has 1 unspecified atom stereocenters. The van der Waals surface area contributed by atoms with Gasteiger partial charge in [-0.1, -0.05) is 29.8 Å². The number of carbonyl (C=O) groups excluding carboxylic acids is 3. The Bertz CT molecular complexity index is 648. The second-order valence-corrected chi connectivity index (χ2v) is 6.42. The zero-order valence-corrected chi connectivity index (χ0v) is 14.1. The smallest absolute Gasteiger partial charge is 0.229 e. The second kappa shape index (κ2) is 7.32. The number of carbonyl (C=O) groups is 3. The highest BCUT2D eigenvalue weighted by molar-refractivity contribution is 6.31. The van der Waals surface area contributed by atoms with Crippen molar-refractivity contribution in [3.05, 3.63) is 34.9 Å². The molecule has 0 radical (unpaired) electrons. The Labute approximate surface area is 145 Å². The quantitative estimate of drug-likeness (QED) is 0.833. The molecule has 1 aromatic carbocycles. The summed E-state index contributed by atoms with van der Waals surface area (Å²) in [6, 6.07) is 7.37. The molecule has 0 spiro atoms. The van der Waals surface area contributed by atoms with Crippen LogP contribution in [0.1, 0.15) is 30.9 Å². The number of nitrogens with zero attached hydrogens (tertiary/aromatic N) is 2. The lowest BCUT2D eigenvalue weighted by Gasteiger charge is -2.37. The summed E-state index contributed by atoms with van der Waals surface area (Å²) < 4.78 is 0. The molecule has 1 N–H and O–H groups in total. The molecule has 2 aliphatic rings. The average Bonchev–Trinajstić information content (AvgIpc) is 2.91. The first-order valence-corrected chi connectivity index (χ1v) is 8.53. The largest absolute Gasteiger partial charge is 0.333 e. The summed E-state index contributed by atoms with van der Waals surface area (Å²) in [5.74, 6) is -0.430. The Morgan fingerprint density at radius 3 is 2.62 bits per heavy atom. The van der Waals surface area contributed by atoms with E-state index in [1.807, 2.05) is 24.3 Å². The van der Waals surface area contributed by atoms with Crippen LogP contribution in [0.25, 0.3) is 0 Å². The fraction of sp³-hybridized carbons (Fsp3) is 0.471. The Kier molecular flexibility index (Phi) is 5.16. The normalized spacial score (nSPS) is 21.5. The van der Waals surface area contributed by atoms with Gasteiger partial charge in [0.1, 0.15) is 0 Å². The predicted molar refractivity (Wildman–Crippen MR) is 89.3 cm³/mol. The van der Waals surface area contributed by atoms with Crippen LogP contribution >= 0.6 is 11.6 Å². The van der Waals surface area contributed by atoms with E-state index in [4.69, 9.17) is 11.6 Å². The van der Waals surface area contributed by atoms with Gasteiger partial charge in [0.15, 0.2) is 0 Å².